The molecule has 19 heavy (non-hydrogen) atoms. The van der Waals surface area contributed by atoms with Crippen LogP contribution in [-0.4, -0.2) is 37.0 Å². The zero-order chi connectivity index (χ0) is 14.4. The Bertz CT molecular complexity index is 477. The highest BCUT2D eigenvalue weighted by molar-refractivity contribution is 5.95. The normalized spacial score (nSPS) is 10.1. The zero-order valence-corrected chi connectivity index (χ0v) is 11.0. The molecule has 0 saturated carbocycles. The summed E-state index contributed by atoms with van der Waals surface area (Å²) in [6.07, 6.45) is 0.118. The lowest BCUT2D eigenvalue weighted by atomic mass is 10.1. The lowest BCUT2D eigenvalue weighted by Gasteiger charge is -2.17. The molecule has 0 heterocycles. The molecule has 6 heteroatoms. The number of hydrogen-bond acceptors (Lipinski definition) is 4. The number of halogens is 1. The van der Waals surface area contributed by atoms with Crippen molar-refractivity contribution in [1.82, 2.24) is 4.90 Å². The van der Waals surface area contributed by atoms with Crippen LogP contribution in [0.2, 0.25) is 0 Å². The van der Waals surface area contributed by atoms with E-state index in [2.05, 4.69) is 0 Å². The molecule has 0 spiro atoms. The number of rotatable bonds is 5. The first-order valence-electron chi connectivity index (χ1n) is 5.91. The van der Waals surface area contributed by atoms with E-state index in [0.29, 0.717) is 6.61 Å². The molecule has 1 amide bonds. The first-order valence-corrected chi connectivity index (χ1v) is 5.91. The minimum Gasteiger partial charge on any atom is -0.466 e. The van der Waals surface area contributed by atoms with Crippen LogP contribution in [0.4, 0.5) is 10.1 Å². The van der Waals surface area contributed by atoms with Crippen LogP contribution in [0.1, 0.15) is 23.7 Å². The van der Waals surface area contributed by atoms with E-state index in [1.54, 1.807) is 14.0 Å². The molecular weight excluding hydrogens is 251 g/mol. The number of nitrogen functional groups attached to an aromatic ring is 1. The Morgan fingerprint density at radius 1 is 1.42 bits per heavy atom. The summed E-state index contributed by atoms with van der Waals surface area (Å²) in [4.78, 5) is 24.5. The standard InChI is InChI=1S/C13H17FN2O3/c1-3-19-12(17)6-7-16(2)13(18)9-4-5-10(14)11(15)8-9/h4-5,8H,3,6-7,15H2,1-2H3. The molecule has 0 aromatic heterocycles. The predicted molar refractivity (Wildman–Crippen MR) is 69.0 cm³/mol. The van der Waals surface area contributed by atoms with Crippen LogP contribution in [0.25, 0.3) is 0 Å². The highest BCUT2D eigenvalue weighted by atomic mass is 19.1. The van der Waals surface area contributed by atoms with Crippen LogP contribution >= 0.6 is 0 Å². The van der Waals surface area contributed by atoms with Gasteiger partial charge in [-0.05, 0) is 25.1 Å². The number of amides is 1. The molecule has 0 radical (unpaired) electrons. The van der Waals surface area contributed by atoms with Crippen LogP contribution in [0.5, 0.6) is 0 Å². The highest BCUT2D eigenvalue weighted by Crippen LogP contribution is 2.13. The molecule has 0 aliphatic rings. The van der Waals surface area contributed by atoms with Crippen molar-refractivity contribution in [1.29, 1.82) is 0 Å². The summed E-state index contributed by atoms with van der Waals surface area (Å²) in [5.41, 5.74) is 5.60. The Labute approximate surface area is 111 Å². The van der Waals surface area contributed by atoms with Crippen molar-refractivity contribution in [3.8, 4) is 0 Å². The van der Waals surface area contributed by atoms with E-state index in [1.165, 1.54) is 17.0 Å². The van der Waals surface area contributed by atoms with Gasteiger partial charge in [-0.2, -0.15) is 0 Å². The largest absolute Gasteiger partial charge is 0.466 e. The number of carbonyl (C=O) groups excluding carboxylic acids is 2. The fourth-order valence-electron chi connectivity index (χ4n) is 1.49. The number of hydrogen-bond donors (Lipinski definition) is 1. The Balaban J connectivity index is 2.61. The average Bonchev–Trinajstić information content (AvgIpc) is 2.38. The first-order chi connectivity index (χ1) is 8.95. The van der Waals surface area contributed by atoms with E-state index < -0.39 is 5.82 Å². The van der Waals surface area contributed by atoms with Gasteiger partial charge in [0.25, 0.3) is 5.91 Å². The van der Waals surface area contributed by atoms with Crippen LogP contribution in [0.3, 0.4) is 0 Å². The van der Waals surface area contributed by atoms with Crippen molar-refractivity contribution in [3.05, 3.63) is 29.6 Å². The van der Waals surface area contributed by atoms with Crippen LogP contribution < -0.4 is 5.73 Å². The summed E-state index contributed by atoms with van der Waals surface area (Å²) < 4.78 is 17.8. The van der Waals surface area contributed by atoms with Crippen LogP contribution in [-0.2, 0) is 9.53 Å². The van der Waals surface area contributed by atoms with E-state index in [4.69, 9.17) is 10.5 Å². The topological polar surface area (TPSA) is 72.6 Å². The van der Waals surface area contributed by atoms with Gasteiger partial charge < -0.3 is 15.4 Å². The molecule has 104 valence electrons. The van der Waals surface area contributed by atoms with Gasteiger partial charge in [-0.1, -0.05) is 0 Å². The van der Waals surface area contributed by atoms with E-state index in [9.17, 15) is 14.0 Å². The molecule has 0 fully saturated rings. The average molecular weight is 268 g/mol. The molecule has 1 aromatic carbocycles. The summed E-state index contributed by atoms with van der Waals surface area (Å²) >= 11 is 0. The lowest BCUT2D eigenvalue weighted by molar-refractivity contribution is -0.143. The molecule has 1 aromatic rings. The van der Waals surface area contributed by atoms with E-state index in [-0.39, 0.29) is 36.1 Å². The second-order valence-corrected chi connectivity index (χ2v) is 4.02. The maximum atomic E-state index is 13.0. The number of nitrogens with two attached hydrogens (primary N) is 1. The quantitative estimate of drug-likeness (QED) is 0.647. The smallest absolute Gasteiger partial charge is 0.307 e. The Morgan fingerprint density at radius 3 is 2.68 bits per heavy atom. The summed E-state index contributed by atoms with van der Waals surface area (Å²) in [7, 11) is 1.56. The van der Waals surface area contributed by atoms with Gasteiger partial charge >= 0.3 is 5.97 Å². The number of nitrogens with zero attached hydrogens (tertiary/aromatic N) is 1. The summed E-state index contributed by atoms with van der Waals surface area (Å²) in [5.74, 6) is -1.25. The van der Waals surface area contributed by atoms with Gasteiger partial charge in [-0.15, -0.1) is 0 Å². The van der Waals surface area contributed by atoms with Crippen LogP contribution in [0, 0.1) is 5.82 Å². The van der Waals surface area contributed by atoms with Gasteiger partial charge in [0.15, 0.2) is 0 Å². The van der Waals surface area contributed by atoms with Gasteiger partial charge in [0, 0.05) is 19.2 Å². The van der Waals surface area contributed by atoms with E-state index >= 15 is 0 Å². The minimum atomic E-state index is -0.564. The maximum absolute atomic E-state index is 13.0. The Morgan fingerprint density at radius 2 is 2.11 bits per heavy atom. The first kappa shape index (κ1) is 14.9. The molecule has 0 bridgehead atoms. The Hall–Kier alpha value is -2.11. The number of anilines is 1. The van der Waals surface area contributed by atoms with E-state index in [1.807, 2.05) is 0 Å². The molecule has 0 aliphatic carbocycles. The van der Waals surface area contributed by atoms with Crippen molar-refractivity contribution >= 4 is 17.6 Å². The molecule has 1 rings (SSSR count). The summed E-state index contributed by atoms with van der Waals surface area (Å²) in [6.45, 7) is 2.26. The molecular formula is C13H17FN2O3. The van der Waals surface area contributed by atoms with Crippen molar-refractivity contribution in [2.45, 2.75) is 13.3 Å². The number of carbonyl (C=O) groups is 2. The third-order valence-corrected chi connectivity index (χ3v) is 2.55. The van der Waals surface area contributed by atoms with Crippen molar-refractivity contribution in [2.24, 2.45) is 0 Å². The fourth-order valence-corrected chi connectivity index (χ4v) is 1.49. The minimum absolute atomic E-state index is 0.0790. The van der Waals surface area contributed by atoms with Gasteiger partial charge in [0.1, 0.15) is 5.82 Å². The molecule has 0 atom stereocenters. The SMILES string of the molecule is CCOC(=O)CCN(C)C(=O)c1ccc(F)c(N)c1. The molecule has 0 unspecified atom stereocenters. The molecule has 0 aliphatic heterocycles. The highest BCUT2D eigenvalue weighted by Gasteiger charge is 2.14. The van der Waals surface area contributed by atoms with Crippen molar-refractivity contribution in [3.63, 3.8) is 0 Å². The molecule has 5 nitrogen and oxygen atoms in total. The molecule has 2 N–H and O–H groups in total. The lowest BCUT2D eigenvalue weighted by Crippen LogP contribution is -2.29. The van der Waals surface area contributed by atoms with Gasteiger partial charge in [0.2, 0.25) is 0 Å². The predicted octanol–water partition coefficient (Wildman–Crippen LogP) is 1.43. The summed E-state index contributed by atoms with van der Waals surface area (Å²) in [6, 6.07) is 3.77. The second kappa shape index (κ2) is 6.72. The van der Waals surface area contributed by atoms with Crippen LogP contribution in [0.15, 0.2) is 18.2 Å². The third kappa shape index (κ3) is 4.24. The monoisotopic (exact) mass is 268 g/mol. The Kier molecular flexibility index (Phi) is 5.29. The van der Waals surface area contributed by atoms with Gasteiger partial charge in [-0.25, -0.2) is 4.39 Å². The number of benzene rings is 1. The fraction of sp³-hybridized carbons (Fsp3) is 0.385. The van der Waals surface area contributed by atoms with Gasteiger partial charge in [0.05, 0.1) is 18.7 Å². The third-order valence-electron chi connectivity index (χ3n) is 2.55. The van der Waals surface area contributed by atoms with Gasteiger partial charge in [-0.3, -0.25) is 9.59 Å². The number of esters is 1. The van der Waals surface area contributed by atoms with E-state index in [0.717, 1.165) is 6.07 Å². The molecule has 0 saturated heterocycles. The zero-order valence-electron chi connectivity index (χ0n) is 11.0. The van der Waals surface area contributed by atoms with Crippen molar-refractivity contribution < 1.29 is 18.7 Å². The maximum Gasteiger partial charge on any atom is 0.307 e. The summed E-state index contributed by atoms with van der Waals surface area (Å²) in [5, 5.41) is 0. The number of ether oxygens (including phenoxy) is 1. The van der Waals surface area contributed by atoms with Crippen molar-refractivity contribution in [2.75, 3.05) is 25.9 Å². The second-order valence-electron chi connectivity index (χ2n) is 4.02.